The molecule has 0 bridgehead atoms. The maximum Gasteiger partial charge on any atom is 0.272 e. The number of thioether (sulfide) groups is 1. The maximum absolute atomic E-state index is 13.0. The summed E-state index contributed by atoms with van der Waals surface area (Å²) in [5, 5.41) is 2.54. The van der Waals surface area contributed by atoms with Gasteiger partial charge in [-0.25, -0.2) is 4.98 Å². The highest BCUT2D eigenvalue weighted by Crippen LogP contribution is 2.28. The summed E-state index contributed by atoms with van der Waals surface area (Å²) in [5.41, 5.74) is 2.97. The average molecular weight is 414 g/mol. The van der Waals surface area contributed by atoms with Crippen LogP contribution in [0.15, 0.2) is 45.7 Å². The van der Waals surface area contributed by atoms with E-state index in [0.29, 0.717) is 16.4 Å². The van der Waals surface area contributed by atoms with Crippen molar-refractivity contribution in [3.63, 3.8) is 0 Å². The normalized spacial score (nSPS) is 13.7. The zero-order valence-corrected chi connectivity index (χ0v) is 17.5. The molecule has 1 aliphatic rings. The van der Waals surface area contributed by atoms with Gasteiger partial charge < -0.3 is 4.90 Å². The van der Waals surface area contributed by atoms with Gasteiger partial charge in [0.2, 0.25) is 5.91 Å². The van der Waals surface area contributed by atoms with Crippen molar-refractivity contribution in [1.29, 1.82) is 0 Å². The van der Waals surface area contributed by atoms with E-state index >= 15 is 0 Å². The molecule has 7 heteroatoms. The van der Waals surface area contributed by atoms with Gasteiger partial charge >= 0.3 is 0 Å². The lowest BCUT2D eigenvalue weighted by atomic mass is 10.0. The van der Waals surface area contributed by atoms with E-state index < -0.39 is 0 Å². The Hall–Kier alpha value is -2.12. The molecular weight excluding hydrogens is 390 g/mol. The third-order valence-corrected chi connectivity index (χ3v) is 6.85. The fraction of sp³-hybridized carbons (Fsp3) is 0.381. The fourth-order valence-electron chi connectivity index (χ4n) is 3.54. The molecule has 0 unspecified atom stereocenters. The predicted molar refractivity (Wildman–Crippen MR) is 117 cm³/mol. The summed E-state index contributed by atoms with van der Waals surface area (Å²) in [7, 11) is 0. The second-order valence-corrected chi connectivity index (χ2v) is 8.76. The molecule has 3 aromatic rings. The number of carbonyl (C=O) groups is 1. The second kappa shape index (κ2) is 8.49. The number of rotatable bonds is 6. The summed E-state index contributed by atoms with van der Waals surface area (Å²) < 4.78 is 2.43. The van der Waals surface area contributed by atoms with Crippen LogP contribution in [0.4, 0.5) is 5.69 Å². The van der Waals surface area contributed by atoms with Crippen molar-refractivity contribution < 1.29 is 4.79 Å². The number of carbonyl (C=O) groups excluding carboxylic acids is 1. The quantitative estimate of drug-likeness (QED) is 0.446. The molecule has 0 saturated carbocycles. The van der Waals surface area contributed by atoms with Gasteiger partial charge in [0.15, 0.2) is 5.16 Å². The van der Waals surface area contributed by atoms with Gasteiger partial charge in [0.05, 0.1) is 11.3 Å². The van der Waals surface area contributed by atoms with Gasteiger partial charge in [0.1, 0.15) is 4.70 Å². The zero-order valence-electron chi connectivity index (χ0n) is 15.9. The summed E-state index contributed by atoms with van der Waals surface area (Å²) >= 11 is 2.80. The number of aryl methyl sites for hydroxylation is 1. The molecule has 0 saturated heterocycles. The molecule has 146 valence electrons. The topological polar surface area (TPSA) is 55.2 Å². The predicted octanol–water partition coefficient (Wildman–Crippen LogP) is 4.33. The van der Waals surface area contributed by atoms with E-state index in [1.54, 1.807) is 4.57 Å². The highest BCUT2D eigenvalue weighted by atomic mass is 32.2. The summed E-state index contributed by atoms with van der Waals surface area (Å²) in [6, 6.07) is 9.98. The minimum atomic E-state index is 0.00622. The van der Waals surface area contributed by atoms with Gasteiger partial charge in [-0.15, -0.1) is 11.3 Å². The van der Waals surface area contributed by atoms with Crippen molar-refractivity contribution in [2.45, 2.75) is 44.3 Å². The molecule has 4 rings (SSSR count). The fourth-order valence-corrected chi connectivity index (χ4v) is 5.22. The Balaban J connectivity index is 1.57. The largest absolute Gasteiger partial charge is 0.311 e. The molecule has 2 aromatic heterocycles. The van der Waals surface area contributed by atoms with Crippen LogP contribution in [0.2, 0.25) is 0 Å². The van der Waals surface area contributed by atoms with Crippen molar-refractivity contribution in [3.05, 3.63) is 51.6 Å². The Kier molecular flexibility index (Phi) is 5.82. The molecule has 0 radical (unpaired) electrons. The lowest BCUT2D eigenvalue weighted by Gasteiger charge is -2.29. The summed E-state index contributed by atoms with van der Waals surface area (Å²) in [4.78, 5) is 32.4. The van der Waals surface area contributed by atoms with Crippen LogP contribution >= 0.6 is 23.1 Å². The molecular formula is C21H23N3O2S2. The zero-order chi connectivity index (χ0) is 19.5. The van der Waals surface area contributed by atoms with Crippen molar-refractivity contribution in [1.82, 2.24) is 9.55 Å². The lowest BCUT2D eigenvalue weighted by Crippen LogP contribution is -2.36. The Morgan fingerprint density at radius 1 is 1.29 bits per heavy atom. The molecule has 0 aliphatic carbocycles. The van der Waals surface area contributed by atoms with Crippen LogP contribution in [0.1, 0.15) is 31.7 Å². The molecule has 3 heterocycles. The number of anilines is 1. The van der Waals surface area contributed by atoms with Gasteiger partial charge in [-0.1, -0.05) is 43.3 Å². The van der Waals surface area contributed by atoms with Crippen molar-refractivity contribution in [2.24, 2.45) is 0 Å². The first kappa shape index (κ1) is 19.2. The van der Waals surface area contributed by atoms with Crippen LogP contribution in [0, 0.1) is 0 Å². The van der Waals surface area contributed by atoms with Gasteiger partial charge in [-0.05, 0) is 42.3 Å². The maximum atomic E-state index is 13.0. The number of amides is 1. The Morgan fingerprint density at radius 2 is 2.14 bits per heavy atom. The van der Waals surface area contributed by atoms with Crippen LogP contribution in [-0.4, -0.2) is 27.8 Å². The molecule has 0 atom stereocenters. The number of nitrogens with zero attached hydrogens (tertiary/aromatic N) is 3. The highest BCUT2D eigenvalue weighted by Gasteiger charge is 2.23. The number of hydrogen-bond acceptors (Lipinski definition) is 5. The minimum Gasteiger partial charge on any atom is -0.311 e. The standard InChI is InChI=1S/C21H23N3O2S2/c1-2-3-11-24-20(26)19-16(10-13-27-19)22-21(24)28-14-18(25)23-12-6-8-15-7-4-5-9-17(15)23/h4-5,7,9-10,13H,2-3,6,8,11-12,14H2,1H3. The molecule has 28 heavy (non-hydrogen) atoms. The summed E-state index contributed by atoms with van der Waals surface area (Å²) in [6.07, 6.45) is 3.91. The molecule has 1 aromatic carbocycles. The van der Waals surface area contributed by atoms with Gasteiger partial charge in [0, 0.05) is 18.8 Å². The number of thiophene rings is 1. The lowest BCUT2D eigenvalue weighted by molar-refractivity contribution is -0.116. The van der Waals surface area contributed by atoms with E-state index in [0.717, 1.165) is 43.4 Å². The van der Waals surface area contributed by atoms with Crippen LogP contribution in [0.25, 0.3) is 10.2 Å². The van der Waals surface area contributed by atoms with E-state index in [1.807, 2.05) is 34.5 Å². The molecule has 1 aliphatic heterocycles. The molecule has 0 N–H and O–H groups in total. The Morgan fingerprint density at radius 3 is 3.00 bits per heavy atom. The number of hydrogen-bond donors (Lipinski definition) is 0. The number of aromatic nitrogens is 2. The van der Waals surface area contributed by atoms with Crippen molar-refractivity contribution in [3.8, 4) is 0 Å². The van der Waals surface area contributed by atoms with Crippen LogP contribution in [0.5, 0.6) is 0 Å². The van der Waals surface area contributed by atoms with Gasteiger partial charge in [-0.2, -0.15) is 0 Å². The first-order valence-electron chi connectivity index (χ1n) is 9.68. The SMILES string of the molecule is CCCCn1c(SCC(=O)N2CCCc3ccccc32)nc2ccsc2c1=O. The second-order valence-electron chi connectivity index (χ2n) is 6.91. The number of fused-ring (bicyclic) bond motifs is 2. The first-order chi connectivity index (χ1) is 13.7. The van der Waals surface area contributed by atoms with E-state index in [4.69, 9.17) is 0 Å². The summed E-state index contributed by atoms with van der Waals surface area (Å²) in [6.45, 7) is 3.49. The third-order valence-electron chi connectivity index (χ3n) is 5.00. The third kappa shape index (κ3) is 3.73. The molecule has 0 spiro atoms. The van der Waals surface area contributed by atoms with Crippen LogP contribution < -0.4 is 10.5 Å². The van der Waals surface area contributed by atoms with Crippen molar-refractivity contribution in [2.75, 3.05) is 17.2 Å². The Labute approximate surface area is 172 Å². The number of unbranched alkanes of at least 4 members (excludes halogenated alkanes) is 1. The smallest absolute Gasteiger partial charge is 0.272 e. The van der Waals surface area contributed by atoms with Crippen LogP contribution in [0.3, 0.4) is 0 Å². The molecule has 1 amide bonds. The van der Waals surface area contributed by atoms with Crippen molar-refractivity contribution >= 4 is 44.9 Å². The summed E-state index contributed by atoms with van der Waals surface area (Å²) in [5.74, 6) is 0.349. The van der Waals surface area contributed by atoms with E-state index in [-0.39, 0.29) is 17.2 Å². The first-order valence-corrected chi connectivity index (χ1v) is 11.5. The van der Waals surface area contributed by atoms with E-state index in [1.165, 1.54) is 28.7 Å². The van der Waals surface area contributed by atoms with E-state index in [9.17, 15) is 9.59 Å². The van der Waals surface area contributed by atoms with Gasteiger partial charge in [0.25, 0.3) is 5.56 Å². The number of benzene rings is 1. The Bertz CT molecular complexity index is 1060. The van der Waals surface area contributed by atoms with E-state index in [2.05, 4.69) is 18.0 Å². The van der Waals surface area contributed by atoms with Gasteiger partial charge in [-0.3, -0.25) is 14.2 Å². The monoisotopic (exact) mass is 413 g/mol. The molecule has 5 nitrogen and oxygen atoms in total. The highest BCUT2D eigenvalue weighted by molar-refractivity contribution is 7.99. The number of para-hydroxylation sites is 1. The average Bonchev–Trinajstić information content (AvgIpc) is 3.20. The van der Waals surface area contributed by atoms with Crippen LogP contribution in [-0.2, 0) is 17.8 Å². The minimum absolute atomic E-state index is 0.00622. The molecule has 0 fully saturated rings.